The van der Waals surface area contributed by atoms with Crippen LogP contribution in [0.15, 0.2) is 65.8 Å². The van der Waals surface area contributed by atoms with Crippen molar-refractivity contribution in [1.29, 1.82) is 0 Å². The van der Waals surface area contributed by atoms with Crippen LogP contribution in [-0.2, 0) is 9.59 Å². The van der Waals surface area contributed by atoms with Crippen molar-refractivity contribution in [3.05, 3.63) is 71.4 Å². The summed E-state index contributed by atoms with van der Waals surface area (Å²) in [4.78, 5) is 30.1. The Bertz CT molecular complexity index is 1030. The third-order valence-corrected chi connectivity index (χ3v) is 5.86. The summed E-state index contributed by atoms with van der Waals surface area (Å²) >= 11 is 0. The minimum Gasteiger partial charge on any atom is -0.481 e. The molecule has 31 heavy (non-hydrogen) atoms. The minimum atomic E-state index is -0.201. The molecule has 2 heterocycles. The fourth-order valence-corrected chi connectivity index (χ4v) is 4.38. The fraction of sp³-hybridized carbons (Fsp3) is 0.320. The molecule has 6 heteroatoms. The lowest BCUT2D eigenvalue weighted by Crippen LogP contribution is -2.27. The van der Waals surface area contributed by atoms with E-state index in [4.69, 9.17) is 4.74 Å². The summed E-state index contributed by atoms with van der Waals surface area (Å²) in [6.07, 6.45) is 18.4. The number of nitrogens with one attached hydrogen (secondary N) is 1. The fourth-order valence-electron chi connectivity index (χ4n) is 4.38. The second kappa shape index (κ2) is 9.16. The predicted octanol–water partition coefficient (Wildman–Crippen LogP) is 3.91. The molecular formula is C25H27N3O3. The van der Waals surface area contributed by atoms with Crippen LogP contribution in [0.1, 0.15) is 25.3 Å². The van der Waals surface area contributed by atoms with Gasteiger partial charge >= 0.3 is 0 Å². The highest BCUT2D eigenvalue weighted by atomic mass is 16.5. The van der Waals surface area contributed by atoms with Crippen LogP contribution in [-0.4, -0.2) is 41.9 Å². The van der Waals surface area contributed by atoms with Gasteiger partial charge in [0.25, 0.3) is 0 Å². The molecule has 1 fully saturated rings. The number of amides is 2. The van der Waals surface area contributed by atoms with Crippen LogP contribution in [0.25, 0.3) is 6.08 Å². The van der Waals surface area contributed by atoms with Crippen molar-refractivity contribution in [2.45, 2.75) is 19.8 Å². The van der Waals surface area contributed by atoms with E-state index in [1.54, 1.807) is 24.3 Å². The van der Waals surface area contributed by atoms with Crippen LogP contribution < -0.4 is 10.1 Å². The zero-order valence-electron chi connectivity index (χ0n) is 17.9. The Morgan fingerprint density at radius 1 is 1.26 bits per heavy atom. The Kier molecular flexibility index (Phi) is 6.16. The lowest BCUT2D eigenvalue weighted by molar-refractivity contribution is -0.125. The van der Waals surface area contributed by atoms with Crippen molar-refractivity contribution in [1.82, 2.24) is 9.88 Å². The Morgan fingerprint density at radius 2 is 2.13 bits per heavy atom. The zero-order valence-corrected chi connectivity index (χ0v) is 17.9. The number of fused-ring (bicyclic) bond motifs is 1. The molecule has 4 rings (SSSR count). The van der Waals surface area contributed by atoms with Crippen molar-refractivity contribution >= 4 is 23.7 Å². The molecule has 2 atom stereocenters. The maximum Gasteiger partial charge on any atom is 0.246 e. The number of methoxy groups -OCH3 is 1. The number of carbonyl (C=O) groups excluding carboxylic acids is 2. The van der Waals surface area contributed by atoms with Gasteiger partial charge in [-0.2, -0.15) is 4.98 Å². The van der Waals surface area contributed by atoms with Crippen LogP contribution >= 0.6 is 0 Å². The molecule has 0 radical (unpaired) electrons. The van der Waals surface area contributed by atoms with E-state index in [0.29, 0.717) is 29.1 Å². The quantitative estimate of drug-likeness (QED) is 0.738. The van der Waals surface area contributed by atoms with Crippen molar-refractivity contribution in [2.75, 3.05) is 25.5 Å². The summed E-state index contributed by atoms with van der Waals surface area (Å²) in [6, 6.07) is 3.46. The molecule has 0 bridgehead atoms. The van der Waals surface area contributed by atoms with Crippen LogP contribution in [0.4, 0.5) is 5.82 Å². The molecule has 3 aliphatic rings. The van der Waals surface area contributed by atoms with Gasteiger partial charge in [0.15, 0.2) is 0 Å². The minimum absolute atomic E-state index is 0.00452. The lowest BCUT2D eigenvalue weighted by Gasteiger charge is -2.15. The average molecular weight is 418 g/mol. The molecule has 0 spiro atoms. The maximum absolute atomic E-state index is 12.8. The van der Waals surface area contributed by atoms with Gasteiger partial charge in [-0.15, -0.1) is 0 Å². The third kappa shape index (κ3) is 4.85. The molecule has 1 saturated heterocycles. The predicted molar refractivity (Wildman–Crippen MR) is 121 cm³/mol. The zero-order chi connectivity index (χ0) is 21.8. The molecule has 2 aliphatic carbocycles. The standard InChI is InChI=1S/C25H27N3O3/c1-17(29)26-23-11-9-19(25(27-23)31-2)10-12-24(30)28-15-21-13-20(14-22(21)16-28)18-7-5-3-4-6-8-18/h3-5,7-13,21-22H,6,14-16H2,1-2H3,(H,26,27,29)/b12-10+. The molecule has 160 valence electrons. The summed E-state index contributed by atoms with van der Waals surface area (Å²) in [5.41, 5.74) is 3.42. The van der Waals surface area contributed by atoms with Gasteiger partial charge in [-0.3, -0.25) is 9.59 Å². The van der Waals surface area contributed by atoms with Crippen molar-refractivity contribution < 1.29 is 14.3 Å². The van der Waals surface area contributed by atoms with E-state index < -0.39 is 0 Å². The number of anilines is 1. The number of rotatable bonds is 5. The van der Waals surface area contributed by atoms with E-state index in [1.807, 2.05) is 4.90 Å². The normalized spacial score (nSPS) is 22.2. The first-order valence-electron chi connectivity index (χ1n) is 10.6. The Morgan fingerprint density at radius 3 is 2.90 bits per heavy atom. The van der Waals surface area contributed by atoms with Crippen molar-refractivity contribution in [3.8, 4) is 5.88 Å². The highest BCUT2D eigenvalue weighted by Gasteiger charge is 2.37. The first-order chi connectivity index (χ1) is 15.0. The van der Waals surface area contributed by atoms with Crippen LogP contribution in [0.5, 0.6) is 5.88 Å². The molecule has 1 aliphatic heterocycles. The molecule has 1 N–H and O–H groups in total. The number of allylic oxidation sites excluding steroid dienone is 7. The van der Waals surface area contributed by atoms with Crippen LogP contribution in [0.2, 0.25) is 0 Å². The monoisotopic (exact) mass is 417 g/mol. The van der Waals surface area contributed by atoms with E-state index in [2.05, 4.69) is 46.8 Å². The molecule has 2 unspecified atom stereocenters. The smallest absolute Gasteiger partial charge is 0.246 e. The van der Waals surface area contributed by atoms with Crippen LogP contribution in [0.3, 0.4) is 0 Å². The first-order valence-corrected chi connectivity index (χ1v) is 10.6. The number of pyridine rings is 1. The Balaban J connectivity index is 1.39. The van der Waals surface area contributed by atoms with E-state index in [-0.39, 0.29) is 11.8 Å². The second-order valence-electron chi connectivity index (χ2n) is 8.06. The summed E-state index contributed by atoms with van der Waals surface area (Å²) in [6.45, 7) is 2.95. The van der Waals surface area contributed by atoms with Crippen LogP contribution in [0, 0.1) is 11.8 Å². The van der Waals surface area contributed by atoms with Gasteiger partial charge in [-0.1, -0.05) is 36.5 Å². The summed E-state index contributed by atoms with van der Waals surface area (Å²) < 4.78 is 5.30. The van der Waals surface area contributed by atoms with Crippen molar-refractivity contribution in [3.63, 3.8) is 0 Å². The molecular weight excluding hydrogens is 390 g/mol. The number of ether oxygens (including phenoxy) is 1. The second-order valence-corrected chi connectivity index (χ2v) is 8.06. The summed E-state index contributed by atoms with van der Waals surface area (Å²) in [5, 5.41) is 2.62. The van der Waals surface area contributed by atoms with Crippen molar-refractivity contribution in [2.24, 2.45) is 11.8 Å². The van der Waals surface area contributed by atoms with Gasteiger partial charge in [0.05, 0.1) is 7.11 Å². The van der Waals surface area contributed by atoms with Gasteiger partial charge in [-0.05, 0) is 54.0 Å². The Hall–Kier alpha value is -3.41. The number of hydrogen-bond donors (Lipinski definition) is 1. The van der Waals surface area contributed by atoms with E-state index in [0.717, 1.165) is 25.9 Å². The lowest BCUT2D eigenvalue weighted by atomic mass is 9.98. The molecule has 6 nitrogen and oxygen atoms in total. The molecule has 2 amide bonds. The summed E-state index contributed by atoms with van der Waals surface area (Å²) in [7, 11) is 1.51. The van der Waals surface area contributed by atoms with Gasteiger partial charge in [0.2, 0.25) is 17.7 Å². The molecule has 0 aromatic carbocycles. The van der Waals surface area contributed by atoms with Gasteiger partial charge in [-0.25, -0.2) is 0 Å². The number of likely N-dealkylation sites (tertiary alicyclic amines) is 1. The first kappa shape index (κ1) is 20.8. The number of nitrogens with zero attached hydrogens (tertiary/aromatic N) is 2. The highest BCUT2D eigenvalue weighted by molar-refractivity contribution is 5.92. The van der Waals surface area contributed by atoms with E-state index >= 15 is 0 Å². The van der Waals surface area contributed by atoms with Gasteiger partial charge in [0.1, 0.15) is 5.82 Å². The average Bonchev–Trinajstić information content (AvgIpc) is 3.20. The number of aromatic nitrogens is 1. The van der Waals surface area contributed by atoms with Gasteiger partial charge < -0.3 is 15.0 Å². The van der Waals surface area contributed by atoms with E-state index in [9.17, 15) is 9.59 Å². The third-order valence-electron chi connectivity index (χ3n) is 5.86. The molecule has 0 saturated carbocycles. The highest BCUT2D eigenvalue weighted by Crippen LogP contribution is 2.40. The van der Waals surface area contributed by atoms with Gasteiger partial charge in [0, 0.05) is 31.7 Å². The molecule has 1 aromatic heterocycles. The van der Waals surface area contributed by atoms with E-state index in [1.165, 1.54) is 25.2 Å². The SMILES string of the molecule is COc1nc(NC(C)=O)ccc1/C=C/C(=O)N1CC2C=C(C3=CCC=CC=C3)CC2C1. The Labute approximate surface area is 182 Å². The number of carbonyl (C=O) groups is 2. The number of hydrogen-bond acceptors (Lipinski definition) is 4. The largest absolute Gasteiger partial charge is 0.481 e. The topological polar surface area (TPSA) is 71.5 Å². The molecule has 1 aromatic rings. The summed E-state index contributed by atoms with van der Waals surface area (Å²) in [5.74, 6) is 1.48. The maximum atomic E-state index is 12.8.